The average molecular weight is 312 g/mol. The number of nitrogens with zero attached hydrogens (tertiary/aromatic N) is 2. The summed E-state index contributed by atoms with van der Waals surface area (Å²) >= 11 is 15.0. The first-order valence-electron chi connectivity index (χ1n) is 4.64. The Hall–Kier alpha value is 0.1000. The zero-order valence-electron chi connectivity index (χ0n) is 7.84. The molecule has 15 heavy (non-hydrogen) atoms. The molecule has 1 atom stereocenters. The Morgan fingerprint density at radius 2 is 1.93 bits per heavy atom. The van der Waals surface area contributed by atoms with E-state index in [9.17, 15) is 0 Å². The van der Waals surface area contributed by atoms with E-state index in [4.69, 9.17) is 27.9 Å². The normalized spacial score (nSPS) is 21.7. The van der Waals surface area contributed by atoms with E-state index in [1.54, 1.807) is 0 Å². The van der Waals surface area contributed by atoms with E-state index in [0.717, 1.165) is 19.4 Å². The van der Waals surface area contributed by atoms with E-state index in [0.29, 0.717) is 27.2 Å². The maximum absolute atomic E-state index is 5.92. The SMILES string of the molecule is Clc1nc(C2CCCOC2)nc(Cl)c1Br. The van der Waals surface area contributed by atoms with Gasteiger partial charge in [0, 0.05) is 12.5 Å². The third-order valence-electron chi connectivity index (χ3n) is 2.31. The molecule has 1 aliphatic rings. The summed E-state index contributed by atoms with van der Waals surface area (Å²) in [6.45, 7) is 1.46. The van der Waals surface area contributed by atoms with Crippen LogP contribution in [0.5, 0.6) is 0 Å². The first-order valence-corrected chi connectivity index (χ1v) is 6.19. The van der Waals surface area contributed by atoms with Crippen LogP contribution in [0.3, 0.4) is 0 Å². The lowest BCUT2D eigenvalue weighted by Crippen LogP contribution is -2.18. The lowest BCUT2D eigenvalue weighted by Gasteiger charge is -2.20. The minimum absolute atomic E-state index is 0.210. The van der Waals surface area contributed by atoms with Gasteiger partial charge in [0.2, 0.25) is 0 Å². The molecule has 2 rings (SSSR count). The van der Waals surface area contributed by atoms with Crippen LogP contribution in [-0.2, 0) is 4.74 Å². The zero-order chi connectivity index (χ0) is 10.8. The second kappa shape index (κ2) is 4.95. The van der Waals surface area contributed by atoms with Gasteiger partial charge in [-0.05, 0) is 28.8 Å². The summed E-state index contributed by atoms with van der Waals surface area (Å²) in [5.74, 6) is 0.884. The number of hydrogen-bond acceptors (Lipinski definition) is 3. The van der Waals surface area contributed by atoms with Crippen LogP contribution in [0.15, 0.2) is 4.47 Å². The summed E-state index contributed by atoms with van der Waals surface area (Å²) in [5, 5.41) is 0.714. The molecule has 1 aromatic rings. The van der Waals surface area contributed by atoms with E-state index in [1.807, 2.05) is 0 Å². The summed E-state index contributed by atoms with van der Waals surface area (Å²) in [5.41, 5.74) is 0. The van der Waals surface area contributed by atoms with Crippen LogP contribution in [0.2, 0.25) is 10.3 Å². The van der Waals surface area contributed by atoms with Crippen molar-refractivity contribution < 1.29 is 4.74 Å². The second-order valence-electron chi connectivity index (χ2n) is 3.39. The van der Waals surface area contributed by atoms with E-state index in [1.165, 1.54) is 0 Å². The minimum Gasteiger partial charge on any atom is -0.381 e. The highest BCUT2D eigenvalue weighted by Crippen LogP contribution is 2.30. The second-order valence-corrected chi connectivity index (χ2v) is 4.90. The minimum atomic E-state index is 0.210. The molecule has 1 aromatic heterocycles. The Morgan fingerprint density at radius 1 is 1.27 bits per heavy atom. The van der Waals surface area contributed by atoms with Gasteiger partial charge in [-0.2, -0.15) is 0 Å². The van der Waals surface area contributed by atoms with Crippen LogP contribution in [0.25, 0.3) is 0 Å². The average Bonchev–Trinajstić information content (AvgIpc) is 2.26. The molecule has 1 fully saturated rings. The van der Waals surface area contributed by atoms with Gasteiger partial charge >= 0.3 is 0 Å². The van der Waals surface area contributed by atoms with Gasteiger partial charge in [0.1, 0.15) is 16.1 Å². The predicted octanol–water partition coefficient (Wildman–Crippen LogP) is 3.44. The maximum atomic E-state index is 5.92. The van der Waals surface area contributed by atoms with Gasteiger partial charge < -0.3 is 4.74 Å². The molecule has 0 amide bonds. The molecule has 82 valence electrons. The van der Waals surface area contributed by atoms with Gasteiger partial charge in [-0.25, -0.2) is 9.97 Å². The molecule has 1 aliphatic heterocycles. The molecular weight excluding hydrogens is 303 g/mol. The Balaban J connectivity index is 2.27. The first kappa shape index (κ1) is 11.6. The van der Waals surface area contributed by atoms with Crippen molar-refractivity contribution >= 4 is 39.1 Å². The monoisotopic (exact) mass is 310 g/mol. The summed E-state index contributed by atoms with van der Waals surface area (Å²) in [6, 6.07) is 0. The van der Waals surface area contributed by atoms with Crippen molar-refractivity contribution in [1.82, 2.24) is 9.97 Å². The molecule has 0 radical (unpaired) electrons. The molecule has 0 N–H and O–H groups in total. The van der Waals surface area contributed by atoms with E-state index >= 15 is 0 Å². The summed E-state index contributed by atoms with van der Waals surface area (Å²) in [7, 11) is 0. The molecular formula is C9H9BrCl2N2O. The molecule has 2 heterocycles. The molecule has 1 unspecified atom stereocenters. The standard InChI is InChI=1S/C9H9BrCl2N2O/c10-6-7(11)13-9(14-8(6)12)5-2-1-3-15-4-5/h5H,1-4H2. The van der Waals surface area contributed by atoms with Crippen molar-refractivity contribution in [1.29, 1.82) is 0 Å². The Labute approximate surface area is 106 Å². The van der Waals surface area contributed by atoms with Crippen LogP contribution >= 0.6 is 39.1 Å². The van der Waals surface area contributed by atoms with Crippen LogP contribution < -0.4 is 0 Å². The Kier molecular flexibility index (Phi) is 3.83. The molecule has 0 aliphatic carbocycles. The van der Waals surface area contributed by atoms with Crippen molar-refractivity contribution in [3.8, 4) is 0 Å². The summed E-state index contributed by atoms with van der Waals surface area (Å²) in [4.78, 5) is 8.40. The highest BCUT2D eigenvalue weighted by atomic mass is 79.9. The van der Waals surface area contributed by atoms with Crippen molar-refractivity contribution in [2.45, 2.75) is 18.8 Å². The summed E-state index contributed by atoms with van der Waals surface area (Å²) < 4.78 is 5.92. The largest absolute Gasteiger partial charge is 0.381 e. The molecule has 0 spiro atoms. The molecule has 0 bridgehead atoms. The number of rotatable bonds is 1. The Bertz CT molecular complexity index is 346. The lowest BCUT2D eigenvalue weighted by atomic mass is 10.0. The fourth-order valence-corrected chi connectivity index (χ4v) is 2.11. The van der Waals surface area contributed by atoms with Gasteiger partial charge in [0.25, 0.3) is 0 Å². The van der Waals surface area contributed by atoms with E-state index in [2.05, 4.69) is 25.9 Å². The smallest absolute Gasteiger partial charge is 0.148 e. The topological polar surface area (TPSA) is 35.0 Å². The zero-order valence-corrected chi connectivity index (χ0v) is 10.9. The molecule has 0 saturated carbocycles. The third-order valence-corrected chi connectivity index (χ3v) is 4.07. The van der Waals surface area contributed by atoms with Crippen LogP contribution in [0.4, 0.5) is 0 Å². The van der Waals surface area contributed by atoms with Crippen molar-refractivity contribution in [2.75, 3.05) is 13.2 Å². The maximum Gasteiger partial charge on any atom is 0.148 e. The highest BCUT2D eigenvalue weighted by Gasteiger charge is 2.21. The van der Waals surface area contributed by atoms with E-state index in [-0.39, 0.29) is 5.92 Å². The van der Waals surface area contributed by atoms with Gasteiger partial charge in [0.05, 0.1) is 11.1 Å². The van der Waals surface area contributed by atoms with E-state index < -0.39 is 0 Å². The number of halogens is 3. The van der Waals surface area contributed by atoms with Crippen LogP contribution in [0, 0.1) is 0 Å². The number of hydrogen-bond donors (Lipinski definition) is 0. The fourth-order valence-electron chi connectivity index (χ4n) is 1.54. The van der Waals surface area contributed by atoms with Gasteiger partial charge in [0.15, 0.2) is 0 Å². The van der Waals surface area contributed by atoms with Gasteiger partial charge in [-0.1, -0.05) is 23.2 Å². The van der Waals surface area contributed by atoms with Crippen molar-refractivity contribution in [3.05, 3.63) is 20.6 Å². The first-order chi connectivity index (χ1) is 7.18. The Morgan fingerprint density at radius 3 is 2.47 bits per heavy atom. The highest BCUT2D eigenvalue weighted by molar-refractivity contribution is 9.10. The molecule has 6 heteroatoms. The van der Waals surface area contributed by atoms with Gasteiger partial charge in [-0.15, -0.1) is 0 Å². The lowest BCUT2D eigenvalue weighted by molar-refractivity contribution is 0.0780. The predicted molar refractivity (Wildman–Crippen MR) is 62.5 cm³/mol. The molecule has 1 saturated heterocycles. The van der Waals surface area contributed by atoms with Crippen molar-refractivity contribution in [2.24, 2.45) is 0 Å². The fraction of sp³-hybridized carbons (Fsp3) is 0.556. The van der Waals surface area contributed by atoms with Crippen LogP contribution in [-0.4, -0.2) is 23.2 Å². The third kappa shape index (κ3) is 2.61. The van der Waals surface area contributed by atoms with Crippen LogP contribution in [0.1, 0.15) is 24.6 Å². The quantitative estimate of drug-likeness (QED) is 0.745. The summed E-state index contributed by atoms with van der Waals surface area (Å²) in [6.07, 6.45) is 2.05. The molecule has 0 aromatic carbocycles. The van der Waals surface area contributed by atoms with Crippen molar-refractivity contribution in [3.63, 3.8) is 0 Å². The van der Waals surface area contributed by atoms with Gasteiger partial charge in [-0.3, -0.25) is 0 Å². The number of aromatic nitrogens is 2. The molecule has 3 nitrogen and oxygen atoms in total. The number of ether oxygens (including phenoxy) is 1.